The minimum Gasteiger partial charge on any atom is -0.399 e. The summed E-state index contributed by atoms with van der Waals surface area (Å²) in [6.45, 7) is 0.685. The van der Waals surface area contributed by atoms with E-state index in [1.165, 1.54) is 5.56 Å². The van der Waals surface area contributed by atoms with E-state index in [1.54, 1.807) is 11.3 Å². The van der Waals surface area contributed by atoms with Gasteiger partial charge in [-0.25, -0.2) is 0 Å². The monoisotopic (exact) mass is 260 g/mol. The van der Waals surface area contributed by atoms with Crippen LogP contribution in [0.2, 0.25) is 0 Å². The van der Waals surface area contributed by atoms with Crippen LogP contribution in [0, 0.1) is 0 Å². The van der Waals surface area contributed by atoms with Crippen molar-refractivity contribution >= 4 is 22.9 Å². The molecule has 4 heteroatoms. The fourth-order valence-electron chi connectivity index (χ4n) is 1.66. The summed E-state index contributed by atoms with van der Waals surface area (Å²) in [5, 5.41) is 7.07. The molecular formula is C14H16N2OS. The van der Waals surface area contributed by atoms with Gasteiger partial charge in [0, 0.05) is 12.2 Å². The standard InChI is InChI=1S/C14H16N2OS/c15-13-3-1-11(2-4-13)9-14(17)16-7-5-12-6-8-18-10-12/h1-4,6,8,10H,5,7,9,15H2,(H,16,17). The van der Waals surface area contributed by atoms with Gasteiger partial charge in [0.2, 0.25) is 5.91 Å². The molecule has 2 rings (SSSR count). The maximum Gasteiger partial charge on any atom is 0.224 e. The van der Waals surface area contributed by atoms with E-state index < -0.39 is 0 Å². The highest BCUT2D eigenvalue weighted by Gasteiger charge is 2.02. The van der Waals surface area contributed by atoms with Crippen LogP contribution < -0.4 is 11.1 Å². The smallest absolute Gasteiger partial charge is 0.224 e. The van der Waals surface area contributed by atoms with Crippen molar-refractivity contribution in [3.63, 3.8) is 0 Å². The van der Waals surface area contributed by atoms with Crippen molar-refractivity contribution < 1.29 is 4.79 Å². The number of amides is 1. The van der Waals surface area contributed by atoms with Crippen LogP contribution in [0.5, 0.6) is 0 Å². The number of benzene rings is 1. The third-order valence-corrected chi connectivity index (χ3v) is 3.39. The number of anilines is 1. The molecule has 0 radical (unpaired) electrons. The third kappa shape index (κ3) is 3.89. The highest BCUT2D eigenvalue weighted by atomic mass is 32.1. The Balaban J connectivity index is 1.73. The normalized spacial score (nSPS) is 10.2. The summed E-state index contributed by atoms with van der Waals surface area (Å²) in [4.78, 5) is 11.7. The van der Waals surface area contributed by atoms with Crippen LogP contribution in [0.4, 0.5) is 5.69 Å². The van der Waals surface area contributed by atoms with E-state index in [2.05, 4.69) is 16.8 Å². The first-order valence-electron chi connectivity index (χ1n) is 5.86. The van der Waals surface area contributed by atoms with Crippen LogP contribution in [0.3, 0.4) is 0 Å². The predicted molar refractivity (Wildman–Crippen MR) is 75.6 cm³/mol. The van der Waals surface area contributed by atoms with E-state index in [0.29, 0.717) is 13.0 Å². The zero-order chi connectivity index (χ0) is 12.8. The Labute approximate surface area is 111 Å². The minimum atomic E-state index is 0.0509. The van der Waals surface area contributed by atoms with Gasteiger partial charge in [-0.3, -0.25) is 4.79 Å². The van der Waals surface area contributed by atoms with Crippen molar-refractivity contribution in [2.45, 2.75) is 12.8 Å². The molecule has 0 spiro atoms. The number of thiophene rings is 1. The van der Waals surface area contributed by atoms with E-state index in [0.717, 1.165) is 17.7 Å². The molecule has 94 valence electrons. The van der Waals surface area contributed by atoms with Crippen molar-refractivity contribution in [3.05, 3.63) is 52.2 Å². The van der Waals surface area contributed by atoms with E-state index in [-0.39, 0.29) is 5.91 Å². The zero-order valence-electron chi connectivity index (χ0n) is 10.1. The summed E-state index contributed by atoms with van der Waals surface area (Å²) in [7, 11) is 0. The maximum absolute atomic E-state index is 11.7. The molecule has 0 atom stereocenters. The van der Waals surface area contributed by atoms with E-state index >= 15 is 0 Å². The molecule has 0 saturated heterocycles. The molecule has 1 amide bonds. The number of nitrogen functional groups attached to an aromatic ring is 1. The Morgan fingerprint density at radius 2 is 1.94 bits per heavy atom. The van der Waals surface area contributed by atoms with Gasteiger partial charge in [0.1, 0.15) is 0 Å². The van der Waals surface area contributed by atoms with Crippen LogP contribution in [-0.2, 0) is 17.6 Å². The number of carbonyl (C=O) groups is 1. The largest absolute Gasteiger partial charge is 0.399 e. The number of carbonyl (C=O) groups excluding carboxylic acids is 1. The van der Waals surface area contributed by atoms with Gasteiger partial charge in [0.05, 0.1) is 6.42 Å². The van der Waals surface area contributed by atoms with Gasteiger partial charge in [0.15, 0.2) is 0 Å². The third-order valence-electron chi connectivity index (χ3n) is 2.66. The van der Waals surface area contributed by atoms with E-state index in [4.69, 9.17) is 5.73 Å². The van der Waals surface area contributed by atoms with E-state index in [9.17, 15) is 4.79 Å². The second kappa shape index (κ2) is 6.21. The lowest BCUT2D eigenvalue weighted by molar-refractivity contribution is -0.120. The van der Waals surface area contributed by atoms with Gasteiger partial charge in [-0.05, 0) is 46.5 Å². The number of hydrogen-bond acceptors (Lipinski definition) is 3. The first-order valence-corrected chi connectivity index (χ1v) is 6.80. The Hall–Kier alpha value is -1.81. The van der Waals surface area contributed by atoms with Crippen molar-refractivity contribution in [1.82, 2.24) is 5.32 Å². The van der Waals surface area contributed by atoms with Crippen molar-refractivity contribution in [2.75, 3.05) is 12.3 Å². The average Bonchev–Trinajstić information content (AvgIpc) is 2.85. The summed E-state index contributed by atoms with van der Waals surface area (Å²) >= 11 is 1.68. The lowest BCUT2D eigenvalue weighted by Crippen LogP contribution is -2.27. The second-order valence-corrected chi connectivity index (χ2v) is 4.93. The molecule has 1 aromatic carbocycles. The molecule has 2 aromatic rings. The predicted octanol–water partition coefficient (Wildman–Crippen LogP) is 2.23. The quantitative estimate of drug-likeness (QED) is 0.810. The molecule has 1 aromatic heterocycles. The average molecular weight is 260 g/mol. The Bertz CT molecular complexity index is 491. The van der Waals surface area contributed by atoms with Gasteiger partial charge >= 0.3 is 0 Å². The molecule has 3 N–H and O–H groups in total. The van der Waals surface area contributed by atoms with Crippen LogP contribution in [0.1, 0.15) is 11.1 Å². The zero-order valence-corrected chi connectivity index (χ0v) is 10.9. The Morgan fingerprint density at radius 3 is 2.61 bits per heavy atom. The second-order valence-electron chi connectivity index (χ2n) is 4.15. The van der Waals surface area contributed by atoms with Gasteiger partial charge in [0.25, 0.3) is 0 Å². The first kappa shape index (κ1) is 12.6. The molecule has 18 heavy (non-hydrogen) atoms. The summed E-state index contributed by atoms with van der Waals surface area (Å²) in [6.07, 6.45) is 1.29. The van der Waals surface area contributed by atoms with Crippen molar-refractivity contribution in [1.29, 1.82) is 0 Å². The molecule has 0 aliphatic heterocycles. The summed E-state index contributed by atoms with van der Waals surface area (Å²) < 4.78 is 0. The van der Waals surface area contributed by atoms with Crippen LogP contribution in [-0.4, -0.2) is 12.5 Å². The molecule has 0 aliphatic carbocycles. The number of nitrogens with two attached hydrogens (primary N) is 1. The number of nitrogens with one attached hydrogen (secondary N) is 1. The van der Waals surface area contributed by atoms with Crippen LogP contribution in [0.25, 0.3) is 0 Å². The van der Waals surface area contributed by atoms with Crippen molar-refractivity contribution in [2.24, 2.45) is 0 Å². The summed E-state index contributed by atoms with van der Waals surface area (Å²) in [6, 6.07) is 9.47. The lowest BCUT2D eigenvalue weighted by Gasteiger charge is -2.05. The fraction of sp³-hybridized carbons (Fsp3) is 0.214. The first-order chi connectivity index (χ1) is 8.74. The summed E-state index contributed by atoms with van der Waals surface area (Å²) in [5.41, 5.74) is 8.57. The molecule has 0 saturated carbocycles. The Kier molecular flexibility index (Phi) is 4.36. The highest BCUT2D eigenvalue weighted by molar-refractivity contribution is 7.07. The topological polar surface area (TPSA) is 55.1 Å². The lowest BCUT2D eigenvalue weighted by atomic mass is 10.1. The van der Waals surface area contributed by atoms with Gasteiger partial charge in [-0.15, -0.1) is 0 Å². The SMILES string of the molecule is Nc1ccc(CC(=O)NCCc2ccsc2)cc1. The molecule has 0 aliphatic rings. The summed E-state index contributed by atoms with van der Waals surface area (Å²) in [5.74, 6) is 0.0509. The molecule has 0 fully saturated rings. The molecule has 3 nitrogen and oxygen atoms in total. The van der Waals surface area contributed by atoms with Crippen LogP contribution >= 0.6 is 11.3 Å². The molecule has 0 unspecified atom stereocenters. The van der Waals surface area contributed by atoms with Crippen molar-refractivity contribution in [3.8, 4) is 0 Å². The molecule has 1 heterocycles. The minimum absolute atomic E-state index is 0.0509. The molecular weight excluding hydrogens is 244 g/mol. The fourth-order valence-corrected chi connectivity index (χ4v) is 2.37. The highest BCUT2D eigenvalue weighted by Crippen LogP contribution is 2.07. The number of rotatable bonds is 5. The number of hydrogen-bond donors (Lipinski definition) is 2. The van der Waals surface area contributed by atoms with Crippen LogP contribution in [0.15, 0.2) is 41.1 Å². The Morgan fingerprint density at radius 1 is 1.17 bits per heavy atom. The van der Waals surface area contributed by atoms with Gasteiger partial charge in [-0.1, -0.05) is 12.1 Å². The maximum atomic E-state index is 11.7. The van der Waals surface area contributed by atoms with Gasteiger partial charge in [-0.2, -0.15) is 11.3 Å². The van der Waals surface area contributed by atoms with Gasteiger partial charge < -0.3 is 11.1 Å². The molecule has 0 bridgehead atoms. The van der Waals surface area contributed by atoms with E-state index in [1.807, 2.05) is 29.6 Å².